The van der Waals surface area contributed by atoms with E-state index in [4.69, 9.17) is 4.52 Å². The van der Waals surface area contributed by atoms with E-state index in [9.17, 15) is 10.1 Å². The normalized spacial score (nSPS) is 10.6. The number of carbonyl (C=O) groups is 1. The lowest BCUT2D eigenvalue weighted by molar-refractivity contribution is 0.0953. The van der Waals surface area contributed by atoms with Gasteiger partial charge in [0.2, 0.25) is 11.7 Å². The van der Waals surface area contributed by atoms with Crippen molar-refractivity contribution in [2.45, 2.75) is 25.7 Å². The van der Waals surface area contributed by atoms with Gasteiger partial charge in [0, 0.05) is 24.1 Å². The highest BCUT2D eigenvalue weighted by Crippen LogP contribution is 2.27. The van der Waals surface area contributed by atoms with E-state index in [0.717, 1.165) is 41.7 Å². The third-order valence-corrected chi connectivity index (χ3v) is 5.94. The monoisotopic (exact) mass is 442 g/mol. The van der Waals surface area contributed by atoms with Gasteiger partial charge < -0.3 is 9.84 Å². The van der Waals surface area contributed by atoms with Crippen molar-refractivity contribution in [3.63, 3.8) is 0 Å². The average Bonchev–Trinajstić information content (AvgIpc) is 3.53. The number of aryl methyl sites for hydroxylation is 1. The van der Waals surface area contributed by atoms with Crippen molar-refractivity contribution in [3.8, 4) is 27.9 Å². The topological polar surface area (TPSA) is 91.8 Å². The maximum Gasteiger partial charge on any atom is 0.251 e. The van der Waals surface area contributed by atoms with Crippen molar-refractivity contribution in [2.24, 2.45) is 0 Å². The lowest BCUT2D eigenvalue weighted by Gasteiger charge is -2.11. The van der Waals surface area contributed by atoms with Crippen LogP contribution in [-0.2, 0) is 6.42 Å². The van der Waals surface area contributed by atoms with E-state index in [-0.39, 0.29) is 5.91 Å². The van der Waals surface area contributed by atoms with E-state index in [0.29, 0.717) is 29.4 Å². The van der Waals surface area contributed by atoms with Gasteiger partial charge in [-0.1, -0.05) is 54.0 Å². The first-order valence-corrected chi connectivity index (χ1v) is 11.4. The first-order valence-electron chi connectivity index (χ1n) is 10.5. The van der Waals surface area contributed by atoms with Crippen LogP contribution in [0.1, 0.15) is 41.1 Å². The predicted molar refractivity (Wildman–Crippen MR) is 124 cm³/mol. The van der Waals surface area contributed by atoms with Crippen LogP contribution in [0, 0.1) is 11.3 Å². The summed E-state index contributed by atoms with van der Waals surface area (Å²) in [5.41, 5.74) is 2.65. The summed E-state index contributed by atoms with van der Waals surface area (Å²) in [5, 5.41) is 18.4. The van der Waals surface area contributed by atoms with Gasteiger partial charge in [-0.2, -0.15) is 10.2 Å². The summed E-state index contributed by atoms with van der Waals surface area (Å²) in [6.07, 6.45) is 3.43. The molecule has 7 heteroatoms. The fraction of sp³-hybridized carbons (Fsp3) is 0.200. The molecular weight excluding hydrogens is 420 g/mol. The molecule has 0 unspecified atom stereocenters. The number of benzene rings is 2. The highest BCUT2D eigenvalue weighted by Gasteiger charge is 2.14. The second-order valence-electron chi connectivity index (χ2n) is 7.26. The van der Waals surface area contributed by atoms with Crippen molar-refractivity contribution in [1.29, 1.82) is 5.26 Å². The number of hydrogen-bond acceptors (Lipinski definition) is 6. The largest absolute Gasteiger partial charge is 0.352 e. The van der Waals surface area contributed by atoms with Gasteiger partial charge in [0.05, 0.1) is 16.5 Å². The Hall–Kier alpha value is -3.76. The van der Waals surface area contributed by atoms with E-state index in [2.05, 4.69) is 21.5 Å². The molecule has 0 radical (unpaired) electrons. The Kier molecular flexibility index (Phi) is 7.05. The van der Waals surface area contributed by atoms with Crippen molar-refractivity contribution in [2.75, 3.05) is 6.54 Å². The summed E-state index contributed by atoms with van der Waals surface area (Å²) < 4.78 is 5.32. The predicted octanol–water partition coefficient (Wildman–Crippen LogP) is 5.48. The molecule has 0 spiro atoms. The van der Waals surface area contributed by atoms with Crippen molar-refractivity contribution < 1.29 is 9.32 Å². The summed E-state index contributed by atoms with van der Waals surface area (Å²) in [6, 6.07) is 20.8. The van der Waals surface area contributed by atoms with E-state index >= 15 is 0 Å². The zero-order valence-electron chi connectivity index (χ0n) is 17.5. The van der Waals surface area contributed by atoms with Crippen molar-refractivity contribution in [3.05, 3.63) is 83.1 Å². The molecule has 0 aliphatic heterocycles. The van der Waals surface area contributed by atoms with Gasteiger partial charge in [0.15, 0.2) is 0 Å². The summed E-state index contributed by atoms with van der Waals surface area (Å²) in [5.74, 6) is 1.15. The summed E-state index contributed by atoms with van der Waals surface area (Å²) >= 11 is 1.59. The Morgan fingerprint density at radius 1 is 1.00 bits per heavy atom. The summed E-state index contributed by atoms with van der Waals surface area (Å²) in [7, 11) is 0. The fourth-order valence-corrected chi connectivity index (χ4v) is 4.12. The molecular formula is C25H22N4O2S. The SMILES string of the molecule is N#Cc1ccccc1-c1ccccc1C(=O)NCCCCCc1nc(-c2cccs2)no1. The molecule has 0 bridgehead atoms. The van der Waals surface area contributed by atoms with Crippen LogP contribution >= 0.6 is 11.3 Å². The first kappa shape index (κ1) is 21.5. The number of aromatic nitrogens is 2. The molecule has 0 saturated carbocycles. The van der Waals surface area contributed by atoms with Crippen LogP contribution in [0.15, 0.2) is 70.6 Å². The van der Waals surface area contributed by atoms with Crippen LogP contribution < -0.4 is 5.32 Å². The molecule has 1 N–H and O–H groups in total. The van der Waals surface area contributed by atoms with E-state index < -0.39 is 0 Å². The minimum absolute atomic E-state index is 0.133. The van der Waals surface area contributed by atoms with E-state index in [1.165, 1.54) is 0 Å². The number of nitrogens with zero attached hydrogens (tertiary/aromatic N) is 3. The van der Waals surface area contributed by atoms with Gasteiger partial charge in [-0.3, -0.25) is 4.79 Å². The van der Waals surface area contributed by atoms with E-state index in [1.807, 2.05) is 53.9 Å². The van der Waals surface area contributed by atoms with Crippen LogP contribution in [0.4, 0.5) is 0 Å². The van der Waals surface area contributed by atoms with Gasteiger partial charge in [0.25, 0.3) is 5.91 Å². The number of amides is 1. The molecule has 4 aromatic rings. The number of hydrogen-bond donors (Lipinski definition) is 1. The Morgan fingerprint density at radius 3 is 2.62 bits per heavy atom. The van der Waals surface area contributed by atoms with Gasteiger partial charge >= 0.3 is 0 Å². The average molecular weight is 443 g/mol. The molecule has 0 atom stereocenters. The van der Waals surface area contributed by atoms with Gasteiger partial charge in [-0.25, -0.2) is 0 Å². The first-order chi connectivity index (χ1) is 15.8. The fourth-order valence-electron chi connectivity index (χ4n) is 3.47. The lowest BCUT2D eigenvalue weighted by Crippen LogP contribution is -2.25. The van der Waals surface area contributed by atoms with Gasteiger partial charge in [0.1, 0.15) is 0 Å². The van der Waals surface area contributed by atoms with Crippen LogP contribution in [-0.4, -0.2) is 22.6 Å². The Balaban J connectivity index is 1.26. The molecule has 4 rings (SSSR count). The standard InChI is InChI=1S/C25H22N4O2S/c26-17-18-9-3-4-10-19(18)20-11-5-6-12-21(20)25(30)27-15-7-1-2-14-23-28-24(29-31-23)22-13-8-16-32-22/h3-6,8-13,16H,1-2,7,14-15H2,(H,27,30). The zero-order valence-corrected chi connectivity index (χ0v) is 18.3. The zero-order chi connectivity index (χ0) is 22.2. The number of nitriles is 1. The molecule has 0 aliphatic rings. The van der Waals surface area contributed by atoms with Crippen molar-refractivity contribution in [1.82, 2.24) is 15.5 Å². The number of nitrogens with one attached hydrogen (secondary N) is 1. The van der Waals surface area contributed by atoms with Crippen molar-refractivity contribution >= 4 is 17.2 Å². The highest BCUT2D eigenvalue weighted by atomic mass is 32.1. The Morgan fingerprint density at radius 2 is 1.81 bits per heavy atom. The summed E-state index contributed by atoms with van der Waals surface area (Å²) in [4.78, 5) is 18.2. The molecule has 0 aliphatic carbocycles. The molecule has 1 amide bonds. The lowest BCUT2D eigenvalue weighted by atomic mass is 9.95. The maximum atomic E-state index is 12.8. The smallest absolute Gasteiger partial charge is 0.251 e. The van der Waals surface area contributed by atoms with Crippen LogP contribution in [0.3, 0.4) is 0 Å². The van der Waals surface area contributed by atoms with Crippen LogP contribution in [0.5, 0.6) is 0 Å². The number of rotatable bonds is 9. The molecule has 2 aromatic carbocycles. The number of thiophene rings is 1. The molecule has 2 heterocycles. The quantitative estimate of drug-likeness (QED) is 0.347. The van der Waals surface area contributed by atoms with Gasteiger partial charge in [-0.05, 0) is 42.0 Å². The molecule has 6 nitrogen and oxygen atoms in total. The Labute approximate surface area is 190 Å². The summed E-state index contributed by atoms with van der Waals surface area (Å²) in [6.45, 7) is 0.581. The second-order valence-corrected chi connectivity index (χ2v) is 8.21. The highest BCUT2D eigenvalue weighted by molar-refractivity contribution is 7.13. The Bertz CT molecular complexity index is 1220. The molecule has 0 saturated heterocycles. The third-order valence-electron chi connectivity index (χ3n) is 5.07. The number of unbranched alkanes of at least 4 members (excludes halogenated alkanes) is 2. The third kappa shape index (κ3) is 5.10. The number of carbonyl (C=O) groups excluding carboxylic acids is 1. The van der Waals surface area contributed by atoms with E-state index in [1.54, 1.807) is 23.5 Å². The van der Waals surface area contributed by atoms with Gasteiger partial charge in [-0.15, -0.1) is 11.3 Å². The van der Waals surface area contributed by atoms with Crippen LogP contribution in [0.25, 0.3) is 21.8 Å². The molecule has 2 aromatic heterocycles. The minimum atomic E-state index is -0.133. The maximum absolute atomic E-state index is 12.8. The molecule has 0 fully saturated rings. The minimum Gasteiger partial charge on any atom is -0.352 e. The molecule has 160 valence electrons. The second kappa shape index (κ2) is 10.5. The molecule has 32 heavy (non-hydrogen) atoms. The van der Waals surface area contributed by atoms with Crippen LogP contribution in [0.2, 0.25) is 0 Å².